The van der Waals surface area contributed by atoms with Gasteiger partial charge in [-0.2, -0.15) is 0 Å². The molecule has 0 aliphatic carbocycles. The predicted octanol–water partition coefficient (Wildman–Crippen LogP) is 2.58. The molecule has 0 atom stereocenters. The lowest BCUT2D eigenvalue weighted by Gasteiger charge is -2.07. The molecule has 0 spiro atoms. The summed E-state index contributed by atoms with van der Waals surface area (Å²) in [4.78, 5) is 0. The number of hydrogen-bond donors (Lipinski definition) is 1. The quantitative estimate of drug-likeness (QED) is 0.782. The molecular weight excluding hydrogens is 270 g/mol. The zero-order valence-electron chi connectivity index (χ0n) is 9.75. The molecule has 0 radical (unpaired) electrons. The number of methoxy groups -OCH3 is 1. The third-order valence-corrected chi connectivity index (χ3v) is 2.79. The predicted molar refractivity (Wildman–Crippen MR) is 68.9 cm³/mol. The molecule has 4 heteroatoms. The summed E-state index contributed by atoms with van der Waals surface area (Å²) < 4.78 is 11.4. The Morgan fingerprint density at radius 1 is 1.38 bits per heavy atom. The Balaban J connectivity index is 2.34. The van der Waals surface area contributed by atoms with Crippen molar-refractivity contribution in [1.29, 1.82) is 0 Å². The Hall–Kier alpha value is -0.580. The summed E-state index contributed by atoms with van der Waals surface area (Å²) in [5.74, 6) is 0.859. The second-order valence-electron chi connectivity index (χ2n) is 3.34. The van der Waals surface area contributed by atoms with Crippen LogP contribution < -0.4 is 10.1 Å². The van der Waals surface area contributed by atoms with Crippen molar-refractivity contribution >= 4 is 15.9 Å². The van der Waals surface area contributed by atoms with E-state index in [0.29, 0.717) is 0 Å². The average Bonchev–Trinajstić information content (AvgIpc) is 2.29. The van der Waals surface area contributed by atoms with Gasteiger partial charge in [0, 0.05) is 19.7 Å². The van der Waals surface area contributed by atoms with Crippen LogP contribution in [0.25, 0.3) is 0 Å². The average molecular weight is 288 g/mol. The maximum Gasteiger partial charge on any atom is 0.133 e. The summed E-state index contributed by atoms with van der Waals surface area (Å²) in [5.41, 5.74) is 1.23. The minimum absolute atomic E-state index is 0.758. The Bertz CT molecular complexity index is 318. The second-order valence-corrected chi connectivity index (χ2v) is 4.20. The standard InChI is InChI=1S/C12H18BrNO2/c1-3-16-7-6-14-9-10-4-5-12(15-2)11(13)8-10/h4-5,8,14H,3,6-7,9H2,1-2H3. The van der Waals surface area contributed by atoms with Crippen LogP contribution in [0, 0.1) is 0 Å². The van der Waals surface area contributed by atoms with Crippen molar-refractivity contribution in [2.75, 3.05) is 26.9 Å². The Labute approximate surface area is 105 Å². The van der Waals surface area contributed by atoms with E-state index in [4.69, 9.17) is 9.47 Å². The Morgan fingerprint density at radius 2 is 2.19 bits per heavy atom. The molecule has 3 nitrogen and oxygen atoms in total. The third-order valence-electron chi connectivity index (χ3n) is 2.17. The van der Waals surface area contributed by atoms with E-state index in [0.717, 1.165) is 36.5 Å². The fourth-order valence-electron chi connectivity index (χ4n) is 1.34. The van der Waals surface area contributed by atoms with E-state index in [-0.39, 0.29) is 0 Å². The van der Waals surface area contributed by atoms with Crippen molar-refractivity contribution in [3.8, 4) is 5.75 Å². The van der Waals surface area contributed by atoms with Gasteiger partial charge in [0.1, 0.15) is 5.75 Å². The maximum atomic E-state index is 5.24. The molecule has 0 heterocycles. The second kappa shape index (κ2) is 7.65. The first kappa shape index (κ1) is 13.5. The first-order chi connectivity index (χ1) is 7.77. The van der Waals surface area contributed by atoms with Gasteiger partial charge in [-0.3, -0.25) is 0 Å². The minimum Gasteiger partial charge on any atom is -0.496 e. The van der Waals surface area contributed by atoms with Gasteiger partial charge >= 0.3 is 0 Å². The van der Waals surface area contributed by atoms with E-state index in [2.05, 4.69) is 33.4 Å². The minimum atomic E-state index is 0.758. The first-order valence-corrected chi connectivity index (χ1v) is 6.18. The van der Waals surface area contributed by atoms with Crippen molar-refractivity contribution in [1.82, 2.24) is 5.32 Å². The number of benzene rings is 1. The molecule has 0 saturated carbocycles. The summed E-state index contributed by atoms with van der Waals surface area (Å²) in [5, 5.41) is 3.31. The van der Waals surface area contributed by atoms with E-state index in [9.17, 15) is 0 Å². The molecule has 1 rings (SSSR count). The van der Waals surface area contributed by atoms with Crippen molar-refractivity contribution < 1.29 is 9.47 Å². The van der Waals surface area contributed by atoms with Gasteiger partial charge in [0.25, 0.3) is 0 Å². The molecule has 0 amide bonds. The molecule has 0 aliphatic heterocycles. The van der Waals surface area contributed by atoms with Crippen LogP contribution in [0.15, 0.2) is 22.7 Å². The van der Waals surface area contributed by atoms with Crippen LogP contribution in [0.2, 0.25) is 0 Å². The van der Waals surface area contributed by atoms with Gasteiger partial charge in [-0.25, -0.2) is 0 Å². The molecule has 90 valence electrons. The zero-order chi connectivity index (χ0) is 11.8. The molecule has 0 bridgehead atoms. The molecule has 0 aromatic heterocycles. The van der Waals surface area contributed by atoms with Crippen LogP contribution >= 0.6 is 15.9 Å². The molecule has 0 unspecified atom stereocenters. The van der Waals surface area contributed by atoms with Gasteiger partial charge in [0.2, 0.25) is 0 Å². The van der Waals surface area contributed by atoms with Crippen LogP contribution in [-0.4, -0.2) is 26.9 Å². The number of rotatable bonds is 7. The van der Waals surface area contributed by atoms with Crippen molar-refractivity contribution in [3.63, 3.8) is 0 Å². The van der Waals surface area contributed by atoms with Crippen molar-refractivity contribution in [2.24, 2.45) is 0 Å². The lowest BCUT2D eigenvalue weighted by atomic mass is 10.2. The monoisotopic (exact) mass is 287 g/mol. The van der Waals surface area contributed by atoms with Crippen LogP contribution in [0.3, 0.4) is 0 Å². The normalized spacial score (nSPS) is 10.4. The summed E-state index contributed by atoms with van der Waals surface area (Å²) in [6.07, 6.45) is 0. The fourth-order valence-corrected chi connectivity index (χ4v) is 1.93. The summed E-state index contributed by atoms with van der Waals surface area (Å²) in [6.45, 7) is 5.25. The first-order valence-electron chi connectivity index (χ1n) is 5.38. The van der Waals surface area contributed by atoms with Gasteiger partial charge in [-0.15, -0.1) is 0 Å². The summed E-state index contributed by atoms with van der Waals surface area (Å²) in [6, 6.07) is 6.08. The number of halogens is 1. The van der Waals surface area contributed by atoms with Crippen molar-refractivity contribution in [2.45, 2.75) is 13.5 Å². The molecule has 0 saturated heterocycles. The highest BCUT2D eigenvalue weighted by Crippen LogP contribution is 2.25. The van der Waals surface area contributed by atoms with Crippen LogP contribution in [0.4, 0.5) is 0 Å². The molecule has 0 aliphatic rings. The highest BCUT2D eigenvalue weighted by atomic mass is 79.9. The largest absolute Gasteiger partial charge is 0.496 e. The number of hydrogen-bond acceptors (Lipinski definition) is 3. The topological polar surface area (TPSA) is 30.5 Å². The number of ether oxygens (including phenoxy) is 2. The highest BCUT2D eigenvalue weighted by molar-refractivity contribution is 9.10. The van der Waals surface area contributed by atoms with Gasteiger partial charge in [-0.05, 0) is 40.5 Å². The summed E-state index contributed by atoms with van der Waals surface area (Å²) in [7, 11) is 1.67. The van der Waals surface area contributed by atoms with Crippen LogP contribution in [0.1, 0.15) is 12.5 Å². The van der Waals surface area contributed by atoms with E-state index in [1.807, 2.05) is 13.0 Å². The SMILES string of the molecule is CCOCCNCc1ccc(OC)c(Br)c1. The number of nitrogens with one attached hydrogen (secondary N) is 1. The summed E-state index contributed by atoms with van der Waals surface area (Å²) >= 11 is 3.46. The Morgan fingerprint density at radius 3 is 2.81 bits per heavy atom. The molecular formula is C12H18BrNO2. The highest BCUT2D eigenvalue weighted by Gasteiger charge is 2.00. The van der Waals surface area contributed by atoms with Gasteiger partial charge in [0.15, 0.2) is 0 Å². The van der Waals surface area contributed by atoms with Crippen LogP contribution in [0.5, 0.6) is 5.75 Å². The Kier molecular flexibility index (Phi) is 6.45. The van der Waals surface area contributed by atoms with E-state index < -0.39 is 0 Å². The fraction of sp³-hybridized carbons (Fsp3) is 0.500. The lowest BCUT2D eigenvalue weighted by molar-refractivity contribution is 0.149. The lowest BCUT2D eigenvalue weighted by Crippen LogP contribution is -2.19. The van der Waals surface area contributed by atoms with Gasteiger partial charge in [-0.1, -0.05) is 6.07 Å². The van der Waals surface area contributed by atoms with E-state index in [1.54, 1.807) is 7.11 Å². The molecule has 1 aromatic carbocycles. The molecule has 1 aromatic rings. The molecule has 1 N–H and O–H groups in total. The maximum absolute atomic E-state index is 5.24. The third kappa shape index (κ3) is 4.51. The van der Waals surface area contributed by atoms with E-state index in [1.165, 1.54) is 5.56 Å². The van der Waals surface area contributed by atoms with Gasteiger partial charge in [0.05, 0.1) is 18.2 Å². The smallest absolute Gasteiger partial charge is 0.133 e. The zero-order valence-corrected chi connectivity index (χ0v) is 11.3. The van der Waals surface area contributed by atoms with E-state index >= 15 is 0 Å². The van der Waals surface area contributed by atoms with Gasteiger partial charge < -0.3 is 14.8 Å². The molecule has 0 fully saturated rings. The van der Waals surface area contributed by atoms with Crippen LogP contribution in [-0.2, 0) is 11.3 Å². The van der Waals surface area contributed by atoms with Crippen molar-refractivity contribution in [3.05, 3.63) is 28.2 Å². The molecule has 16 heavy (non-hydrogen) atoms.